The Morgan fingerprint density at radius 3 is 1.51 bits per heavy atom. The SMILES string of the molecule is Cc1ccc(-c2ccccc2OCc2ccc(F)cc2)n1-c1cccc(C(=O)O)c1.Cc1noc(C)c1S(=O)(=O)NC(=O)c1cccc(-n2c(C)ccc2-c2ccccc2OCc2ccc(F)cc2)c1. The number of amides is 1. The molecule has 0 aliphatic rings. The molecule has 3 heterocycles. The molecular formula is C55H46F2N4O8S. The Morgan fingerprint density at radius 1 is 0.600 bits per heavy atom. The molecule has 0 radical (unpaired) electrons. The molecule has 0 spiro atoms. The first-order valence-electron chi connectivity index (χ1n) is 21.9. The molecule has 1 amide bonds. The highest BCUT2D eigenvalue weighted by Crippen LogP contribution is 2.36. The molecule has 15 heteroatoms. The smallest absolute Gasteiger partial charge is 0.335 e. The second-order valence-corrected chi connectivity index (χ2v) is 17.8. The lowest BCUT2D eigenvalue weighted by Gasteiger charge is -2.16. The van der Waals surface area contributed by atoms with Crippen LogP contribution in [0.3, 0.4) is 0 Å². The predicted octanol–water partition coefficient (Wildman–Crippen LogP) is 11.8. The van der Waals surface area contributed by atoms with E-state index in [0.29, 0.717) is 23.8 Å². The zero-order valence-electron chi connectivity index (χ0n) is 38.4. The number of carboxylic acid groups (broad SMARTS) is 1. The van der Waals surface area contributed by atoms with E-state index in [4.69, 9.17) is 14.0 Å². The van der Waals surface area contributed by atoms with Crippen molar-refractivity contribution in [1.82, 2.24) is 19.0 Å². The lowest BCUT2D eigenvalue weighted by Crippen LogP contribution is -2.31. The third-order valence-electron chi connectivity index (χ3n) is 11.3. The molecule has 0 unspecified atom stereocenters. The molecule has 0 saturated carbocycles. The fourth-order valence-electron chi connectivity index (χ4n) is 7.93. The van der Waals surface area contributed by atoms with Gasteiger partial charge in [0.1, 0.15) is 42.0 Å². The average molecular weight is 961 g/mol. The van der Waals surface area contributed by atoms with Gasteiger partial charge in [-0.2, -0.15) is 0 Å². The van der Waals surface area contributed by atoms with Gasteiger partial charge in [0.25, 0.3) is 15.9 Å². The maximum absolute atomic E-state index is 13.3. The van der Waals surface area contributed by atoms with Gasteiger partial charge in [-0.25, -0.2) is 26.7 Å². The molecule has 2 N–H and O–H groups in total. The van der Waals surface area contributed by atoms with E-state index in [1.807, 2.05) is 108 Å². The number of carbonyl (C=O) groups excluding carboxylic acids is 1. The van der Waals surface area contributed by atoms with E-state index in [1.165, 1.54) is 38.1 Å². The maximum atomic E-state index is 13.3. The molecule has 9 aromatic rings. The minimum absolute atomic E-state index is 0.0967. The Hall–Kier alpha value is -8.56. The van der Waals surface area contributed by atoms with Gasteiger partial charge in [0, 0.05) is 39.5 Å². The summed E-state index contributed by atoms with van der Waals surface area (Å²) in [6.07, 6.45) is 0. The van der Waals surface area contributed by atoms with Gasteiger partial charge in [-0.15, -0.1) is 0 Å². The van der Waals surface area contributed by atoms with E-state index in [2.05, 4.69) is 9.88 Å². The maximum Gasteiger partial charge on any atom is 0.335 e. The number of nitrogens with zero attached hydrogens (tertiary/aromatic N) is 3. The van der Waals surface area contributed by atoms with Crippen LogP contribution >= 0.6 is 0 Å². The van der Waals surface area contributed by atoms with Gasteiger partial charge in [0.05, 0.1) is 17.0 Å². The van der Waals surface area contributed by atoms with E-state index in [-0.39, 0.29) is 45.7 Å². The number of aromatic carboxylic acids is 1. The number of para-hydroxylation sites is 2. The van der Waals surface area contributed by atoms with Gasteiger partial charge in [-0.1, -0.05) is 65.8 Å². The van der Waals surface area contributed by atoms with Crippen molar-refractivity contribution < 1.29 is 45.9 Å². The van der Waals surface area contributed by atoms with E-state index in [9.17, 15) is 31.9 Å². The van der Waals surface area contributed by atoms with Crippen LogP contribution in [0.2, 0.25) is 0 Å². The number of carbonyl (C=O) groups is 2. The normalized spacial score (nSPS) is 11.1. The second-order valence-electron chi connectivity index (χ2n) is 16.2. The largest absolute Gasteiger partial charge is 0.488 e. The van der Waals surface area contributed by atoms with Crippen molar-refractivity contribution in [3.05, 3.63) is 227 Å². The van der Waals surface area contributed by atoms with Crippen LogP contribution in [-0.4, -0.2) is 39.7 Å². The van der Waals surface area contributed by atoms with Crippen molar-refractivity contribution in [3.8, 4) is 45.4 Å². The third kappa shape index (κ3) is 10.7. The van der Waals surface area contributed by atoms with Gasteiger partial charge in [-0.3, -0.25) is 4.79 Å². The highest BCUT2D eigenvalue weighted by atomic mass is 32.2. The monoisotopic (exact) mass is 960 g/mol. The van der Waals surface area contributed by atoms with Crippen LogP contribution in [0.5, 0.6) is 11.5 Å². The number of aromatic nitrogens is 3. The van der Waals surface area contributed by atoms with Gasteiger partial charge >= 0.3 is 5.97 Å². The van der Waals surface area contributed by atoms with Crippen LogP contribution in [0.4, 0.5) is 8.78 Å². The fourth-order valence-corrected chi connectivity index (χ4v) is 9.24. The molecule has 0 aliphatic heterocycles. The minimum atomic E-state index is -4.19. The number of hydrogen-bond acceptors (Lipinski definition) is 8. The molecule has 9 rings (SSSR count). The van der Waals surface area contributed by atoms with Gasteiger partial charge in [0.2, 0.25) is 0 Å². The Morgan fingerprint density at radius 2 is 1.06 bits per heavy atom. The van der Waals surface area contributed by atoms with Crippen molar-refractivity contribution in [2.75, 3.05) is 0 Å². The van der Waals surface area contributed by atoms with Crippen molar-refractivity contribution in [1.29, 1.82) is 0 Å². The predicted molar refractivity (Wildman–Crippen MR) is 261 cm³/mol. The number of hydrogen-bond donors (Lipinski definition) is 2. The van der Waals surface area contributed by atoms with E-state index in [0.717, 1.165) is 50.7 Å². The minimum Gasteiger partial charge on any atom is -0.488 e. The molecule has 0 fully saturated rings. The Labute approximate surface area is 403 Å². The first kappa shape index (κ1) is 47.9. The van der Waals surface area contributed by atoms with Crippen LogP contribution in [-0.2, 0) is 23.2 Å². The van der Waals surface area contributed by atoms with Crippen LogP contribution in [0.1, 0.15) is 54.7 Å². The second kappa shape index (κ2) is 20.8. The highest BCUT2D eigenvalue weighted by Gasteiger charge is 2.27. The van der Waals surface area contributed by atoms with Gasteiger partial charge in [0.15, 0.2) is 10.7 Å². The van der Waals surface area contributed by atoms with Gasteiger partial charge < -0.3 is 28.2 Å². The van der Waals surface area contributed by atoms with E-state index in [1.54, 1.807) is 60.7 Å². The third-order valence-corrected chi connectivity index (χ3v) is 12.8. The van der Waals surface area contributed by atoms with E-state index < -0.39 is 21.9 Å². The van der Waals surface area contributed by atoms with Gasteiger partial charge in [-0.05, 0) is 148 Å². The molecule has 70 heavy (non-hydrogen) atoms. The summed E-state index contributed by atoms with van der Waals surface area (Å²) >= 11 is 0. The molecule has 0 bridgehead atoms. The lowest BCUT2D eigenvalue weighted by atomic mass is 10.1. The highest BCUT2D eigenvalue weighted by molar-refractivity contribution is 7.90. The number of sulfonamides is 1. The first-order valence-corrected chi connectivity index (χ1v) is 23.4. The average Bonchev–Trinajstić information content (AvgIpc) is 4.06. The zero-order valence-corrected chi connectivity index (χ0v) is 39.2. The van der Waals surface area contributed by atoms with Crippen LogP contribution in [0.15, 0.2) is 179 Å². The summed E-state index contributed by atoms with van der Waals surface area (Å²) in [5.41, 5.74) is 8.94. The number of rotatable bonds is 14. The lowest BCUT2D eigenvalue weighted by molar-refractivity contribution is 0.0696. The molecule has 354 valence electrons. The fraction of sp³-hybridized carbons (Fsp3) is 0.109. The molecule has 12 nitrogen and oxygen atoms in total. The number of benzene rings is 6. The summed E-state index contributed by atoms with van der Waals surface area (Å²) in [6, 6.07) is 49.0. The molecule has 6 aromatic carbocycles. The first-order chi connectivity index (χ1) is 33.7. The summed E-state index contributed by atoms with van der Waals surface area (Å²) in [6.45, 7) is 7.43. The summed E-state index contributed by atoms with van der Waals surface area (Å²) in [7, 11) is -4.19. The van der Waals surface area contributed by atoms with Crippen molar-refractivity contribution >= 4 is 21.9 Å². The summed E-state index contributed by atoms with van der Waals surface area (Å²) in [4.78, 5) is 24.3. The Balaban J connectivity index is 0.000000196. The number of halogens is 2. The molecular weight excluding hydrogens is 915 g/mol. The Bertz CT molecular complexity index is 3430. The quantitative estimate of drug-likeness (QED) is 0.108. The van der Waals surface area contributed by atoms with Crippen LogP contribution in [0.25, 0.3) is 33.9 Å². The van der Waals surface area contributed by atoms with Crippen molar-refractivity contribution in [2.45, 2.75) is 45.8 Å². The summed E-state index contributed by atoms with van der Waals surface area (Å²) in [5.74, 6) is -0.922. The summed E-state index contributed by atoms with van der Waals surface area (Å²) < 4.78 is 75.4. The number of nitrogens with one attached hydrogen (secondary N) is 1. The molecule has 0 atom stereocenters. The van der Waals surface area contributed by atoms with Crippen LogP contribution in [0, 0.1) is 39.3 Å². The number of carboxylic acids is 1. The van der Waals surface area contributed by atoms with E-state index >= 15 is 0 Å². The molecule has 0 saturated heterocycles. The van der Waals surface area contributed by atoms with Crippen molar-refractivity contribution in [3.63, 3.8) is 0 Å². The number of ether oxygens (including phenoxy) is 2. The Kier molecular flexibility index (Phi) is 14.2. The molecule has 0 aliphatic carbocycles. The zero-order chi connectivity index (χ0) is 49.5. The van der Waals surface area contributed by atoms with Crippen molar-refractivity contribution in [2.24, 2.45) is 0 Å². The summed E-state index contributed by atoms with van der Waals surface area (Å²) in [5, 5.41) is 13.0. The molecule has 3 aromatic heterocycles. The standard InChI is InChI=1S/C30H26FN3O5S.C25H20FNO3/c1-19-11-16-27(26-9-4-5-10-28(26)38-18-22-12-14-24(31)15-13-22)34(19)25-8-6-7-23(17-25)30(35)33-40(36,37)29-20(2)32-39-21(29)3;1-17-9-14-23(27(17)21-6-4-5-19(15-21)25(28)29)22-7-2-3-8-24(22)30-16-18-10-12-20(26)13-11-18/h4-17H,18H2,1-3H3,(H,33,35);2-15H,16H2,1H3,(H,28,29). The topological polar surface area (TPSA) is 155 Å². The van der Waals surface area contributed by atoms with Crippen LogP contribution < -0.4 is 14.2 Å². The number of aryl methyl sites for hydroxylation is 4.